The average molecular weight is 420 g/mol. The molecule has 6 heteroatoms. The van der Waals surface area contributed by atoms with Crippen LogP contribution < -0.4 is 4.57 Å². The minimum absolute atomic E-state index is 0.275. The number of ether oxygens (including phenoxy) is 2. The van der Waals surface area contributed by atoms with Crippen LogP contribution in [0.3, 0.4) is 0 Å². The van der Waals surface area contributed by atoms with Gasteiger partial charge in [0.2, 0.25) is 0 Å². The number of pyridine rings is 1. The van der Waals surface area contributed by atoms with Gasteiger partial charge in [-0.25, -0.2) is 9.59 Å². The van der Waals surface area contributed by atoms with E-state index in [9.17, 15) is 14.7 Å². The van der Waals surface area contributed by atoms with Crippen molar-refractivity contribution in [2.45, 2.75) is 26.2 Å². The molecule has 0 saturated carbocycles. The number of esters is 2. The minimum atomic E-state index is -1.01. The Bertz CT molecular complexity index is 1140. The molecule has 0 unspecified atom stereocenters. The largest absolute Gasteiger partial charge is 0.497 e. The van der Waals surface area contributed by atoms with Crippen LogP contribution in [0.4, 0.5) is 0 Å². The monoisotopic (exact) mass is 420 g/mol. The van der Waals surface area contributed by atoms with Crippen LogP contribution in [0.5, 0.6) is 0 Å². The number of nitrogens with zero attached hydrogens (tertiary/aromatic N) is 1. The molecule has 0 aliphatic carbocycles. The van der Waals surface area contributed by atoms with E-state index in [2.05, 4.69) is 11.7 Å². The van der Waals surface area contributed by atoms with Crippen LogP contribution >= 0.6 is 0 Å². The van der Waals surface area contributed by atoms with E-state index in [0.717, 1.165) is 47.5 Å². The highest BCUT2D eigenvalue weighted by molar-refractivity contribution is 6.13. The van der Waals surface area contributed by atoms with E-state index in [4.69, 9.17) is 4.74 Å². The van der Waals surface area contributed by atoms with Crippen molar-refractivity contribution in [2.24, 2.45) is 0 Å². The third-order valence-corrected chi connectivity index (χ3v) is 5.13. The fourth-order valence-electron chi connectivity index (χ4n) is 3.65. The Morgan fingerprint density at radius 3 is 2.23 bits per heavy atom. The molecule has 0 bridgehead atoms. The quantitative estimate of drug-likeness (QED) is 0.268. The van der Waals surface area contributed by atoms with Crippen LogP contribution in [0.25, 0.3) is 27.6 Å². The maximum Gasteiger partial charge on any atom is 0.408 e. The van der Waals surface area contributed by atoms with Crippen molar-refractivity contribution in [3.8, 4) is 11.1 Å². The van der Waals surface area contributed by atoms with Crippen LogP contribution in [0.2, 0.25) is 0 Å². The smallest absolute Gasteiger partial charge is 0.408 e. The van der Waals surface area contributed by atoms with Gasteiger partial charge in [0.25, 0.3) is 5.76 Å². The van der Waals surface area contributed by atoms with Crippen LogP contribution in [-0.4, -0.2) is 31.3 Å². The number of methoxy groups -OCH3 is 2. The second kappa shape index (κ2) is 9.89. The Hall–Kier alpha value is -3.67. The number of benzene rings is 2. The third kappa shape index (κ3) is 4.43. The molecule has 0 fully saturated rings. The molecule has 6 nitrogen and oxygen atoms in total. The molecule has 0 aliphatic heterocycles. The maximum atomic E-state index is 12.7. The van der Waals surface area contributed by atoms with Crippen molar-refractivity contribution in [3.05, 3.63) is 72.2 Å². The van der Waals surface area contributed by atoms with Crippen molar-refractivity contribution in [1.29, 1.82) is 0 Å². The normalized spacial score (nSPS) is 11.7. The number of rotatable bonds is 7. The third-order valence-electron chi connectivity index (χ3n) is 5.13. The van der Waals surface area contributed by atoms with Gasteiger partial charge in [0.15, 0.2) is 11.9 Å². The van der Waals surface area contributed by atoms with Gasteiger partial charge in [-0.1, -0.05) is 61.9 Å². The number of aromatic nitrogens is 1. The lowest BCUT2D eigenvalue weighted by Crippen LogP contribution is -2.43. The van der Waals surface area contributed by atoms with Crippen molar-refractivity contribution < 1.29 is 28.7 Å². The van der Waals surface area contributed by atoms with Crippen LogP contribution in [0.1, 0.15) is 25.5 Å². The SMILES string of the molecule is CCCCc1c(-c2ccccc2)c2ccccc2c[n+]1/C(C(=O)OC)=C(\O)C(=O)OC. The Morgan fingerprint density at radius 1 is 0.935 bits per heavy atom. The van der Waals surface area contributed by atoms with E-state index in [1.54, 1.807) is 10.8 Å². The van der Waals surface area contributed by atoms with E-state index in [1.807, 2.05) is 54.6 Å². The number of fused-ring (bicyclic) bond motifs is 1. The molecule has 3 rings (SSSR count). The molecule has 31 heavy (non-hydrogen) atoms. The molecule has 3 aromatic rings. The summed E-state index contributed by atoms with van der Waals surface area (Å²) in [5, 5.41) is 12.5. The molecule has 0 spiro atoms. The van der Waals surface area contributed by atoms with Gasteiger partial charge in [-0.2, -0.15) is 4.57 Å². The van der Waals surface area contributed by atoms with Gasteiger partial charge in [0.05, 0.1) is 19.8 Å². The molecule has 0 radical (unpaired) electrons. The Labute approximate surface area is 181 Å². The van der Waals surface area contributed by atoms with Gasteiger partial charge in [-0.15, -0.1) is 0 Å². The minimum Gasteiger partial charge on any atom is -0.497 e. The van der Waals surface area contributed by atoms with Crippen LogP contribution in [-0.2, 0) is 25.5 Å². The fourth-order valence-corrected chi connectivity index (χ4v) is 3.65. The summed E-state index contributed by atoms with van der Waals surface area (Å²) in [4.78, 5) is 24.9. The lowest BCUT2D eigenvalue weighted by Gasteiger charge is -2.14. The van der Waals surface area contributed by atoms with Gasteiger partial charge in [-0.05, 0) is 18.1 Å². The first-order chi connectivity index (χ1) is 15.0. The Kier molecular flexibility index (Phi) is 7.03. The van der Waals surface area contributed by atoms with Crippen molar-refractivity contribution in [1.82, 2.24) is 0 Å². The van der Waals surface area contributed by atoms with E-state index < -0.39 is 17.7 Å². The first-order valence-corrected chi connectivity index (χ1v) is 10.1. The van der Waals surface area contributed by atoms with Crippen LogP contribution in [0, 0.1) is 0 Å². The van der Waals surface area contributed by atoms with E-state index in [0.29, 0.717) is 6.42 Å². The summed E-state index contributed by atoms with van der Waals surface area (Å²) in [6, 6.07) is 17.7. The number of unbranched alkanes of at least 4 members (excludes halogenated alkanes) is 1. The van der Waals surface area contributed by atoms with Gasteiger partial charge in [-0.3, -0.25) is 0 Å². The summed E-state index contributed by atoms with van der Waals surface area (Å²) >= 11 is 0. The second-order valence-electron chi connectivity index (χ2n) is 7.06. The highest BCUT2D eigenvalue weighted by Crippen LogP contribution is 2.32. The van der Waals surface area contributed by atoms with Gasteiger partial charge < -0.3 is 14.6 Å². The number of aliphatic hydroxyl groups excluding tert-OH is 1. The predicted molar refractivity (Wildman–Crippen MR) is 118 cm³/mol. The van der Waals surface area contributed by atoms with Gasteiger partial charge in [0.1, 0.15) is 0 Å². The topological polar surface area (TPSA) is 76.7 Å². The zero-order chi connectivity index (χ0) is 22.4. The second-order valence-corrected chi connectivity index (χ2v) is 7.06. The molecule has 1 N–H and O–H groups in total. The zero-order valence-electron chi connectivity index (χ0n) is 17.9. The lowest BCUT2D eigenvalue weighted by molar-refractivity contribution is -0.586. The number of aliphatic hydroxyl groups is 1. The first kappa shape index (κ1) is 22.0. The molecule has 2 aromatic carbocycles. The molecular weight excluding hydrogens is 394 g/mol. The summed E-state index contributed by atoms with van der Waals surface area (Å²) in [6.45, 7) is 2.08. The summed E-state index contributed by atoms with van der Waals surface area (Å²) < 4.78 is 11.1. The van der Waals surface area contributed by atoms with Crippen LogP contribution in [0.15, 0.2) is 66.6 Å². The van der Waals surface area contributed by atoms with E-state index >= 15 is 0 Å². The molecule has 1 aromatic heterocycles. The maximum absolute atomic E-state index is 12.7. The standard InChI is InChI=1S/C25H25NO5/c1-4-5-15-20-21(17-11-7-6-8-12-17)19-14-10-9-13-18(19)16-26(20)22(24(28)30-2)23(27)25(29)31-3/h6-14,16H,4-5,15H2,1-3H3/p+1. The number of carbonyl (C=O) groups is 2. The number of hydrogen-bond acceptors (Lipinski definition) is 5. The molecule has 0 atom stereocenters. The Morgan fingerprint density at radius 2 is 1.58 bits per heavy atom. The predicted octanol–water partition coefficient (Wildman–Crippen LogP) is 4.21. The van der Waals surface area contributed by atoms with Gasteiger partial charge in [0, 0.05) is 17.2 Å². The zero-order valence-corrected chi connectivity index (χ0v) is 17.9. The molecule has 160 valence electrons. The molecule has 0 amide bonds. The Balaban J connectivity index is 2.48. The lowest BCUT2D eigenvalue weighted by atomic mass is 9.94. The van der Waals surface area contributed by atoms with E-state index in [1.165, 1.54) is 7.11 Å². The summed E-state index contributed by atoms with van der Waals surface area (Å²) in [5.41, 5.74) is 2.43. The van der Waals surface area contributed by atoms with Crippen molar-refractivity contribution in [2.75, 3.05) is 14.2 Å². The molecule has 0 aliphatic rings. The molecule has 1 heterocycles. The van der Waals surface area contributed by atoms with Crippen molar-refractivity contribution in [3.63, 3.8) is 0 Å². The van der Waals surface area contributed by atoms with E-state index in [-0.39, 0.29) is 5.70 Å². The number of hydrogen-bond donors (Lipinski definition) is 1. The highest BCUT2D eigenvalue weighted by atomic mass is 16.5. The van der Waals surface area contributed by atoms with Crippen molar-refractivity contribution >= 4 is 28.4 Å². The highest BCUT2D eigenvalue weighted by Gasteiger charge is 2.36. The number of carbonyl (C=O) groups excluding carboxylic acids is 2. The molecular formula is C25H26NO5+. The summed E-state index contributed by atoms with van der Waals surface area (Å²) in [6.07, 6.45) is 4.16. The summed E-state index contributed by atoms with van der Waals surface area (Å²) in [7, 11) is 2.35. The fraction of sp³-hybridized carbons (Fsp3) is 0.240. The average Bonchev–Trinajstić information content (AvgIpc) is 2.82. The van der Waals surface area contributed by atoms with Gasteiger partial charge >= 0.3 is 17.6 Å². The summed E-state index contributed by atoms with van der Waals surface area (Å²) in [5.74, 6) is -2.64. The molecule has 0 saturated heterocycles. The first-order valence-electron chi connectivity index (χ1n) is 10.1.